The van der Waals surface area contributed by atoms with E-state index in [1.165, 1.54) is 44.9 Å². The molecule has 2 heterocycles. The largest absolute Gasteiger partial charge is 0.396 e. The number of nitrogens with zero attached hydrogens (tertiary/aromatic N) is 3. The van der Waals surface area contributed by atoms with Gasteiger partial charge in [0.25, 0.3) is 0 Å². The molecule has 1 aromatic heterocycles. The number of nitrogens with one attached hydrogen (secondary N) is 1. The maximum Gasteiger partial charge on any atom is 0.134 e. The number of hydrogen-bond donors (Lipinski definition) is 2. The third kappa shape index (κ3) is 5.07. The zero-order valence-electron chi connectivity index (χ0n) is 14.8. The molecule has 0 aromatic carbocycles. The number of hydrogen-bond acceptors (Lipinski definition) is 5. The van der Waals surface area contributed by atoms with Gasteiger partial charge in [0.05, 0.1) is 0 Å². The number of piperidine rings is 1. The van der Waals surface area contributed by atoms with Crippen LogP contribution in [0.2, 0.25) is 0 Å². The summed E-state index contributed by atoms with van der Waals surface area (Å²) in [5.74, 6) is 3.08. The molecule has 2 aliphatic rings. The van der Waals surface area contributed by atoms with Crippen molar-refractivity contribution < 1.29 is 5.11 Å². The zero-order valence-corrected chi connectivity index (χ0v) is 14.8. The van der Waals surface area contributed by atoms with Gasteiger partial charge in [0.1, 0.15) is 18.0 Å². The van der Waals surface area contributed by atoms with Gasteiger partial charge in [0.15, 0.2) is 0 Å². The summed E-state index contributed by atoms with van der Waals surface area (Å²) in [7, 11) is 0. The lowest BCUT2D eigenvalue weighted by atomic mass is 9.91. The quantitative estimate of drug-likeness (QED) is 0.865. The summed E-state index contributed by atoms with van der Waals surface area (Å²) in [5, 5.41) is 13.0. The molecule has 2 N–H and O–H groups in total. The van der Waals surface area contributed by atoms with Crippen molar-refractivity contribution in [3.05, 3.63) is 12.4 Å². The third-order valence-corrected chi connectivity index (χ3v) is 5.55. The molecule has 1 atom stereocenters. The Morgan fingerprint density at radius 2 is 1.75 bits per heavy atom. The van der Waals surface area contributed by atoms with Crippen LogP contribution in [0, 0.1) is 11.8 Å². The predicted octanol–water partition coefficient (Wildman–Crippen LogP) is 3.46. The van der Waals surface area contributed by atoms with E-state index in [0.29, 0.717) is 5.92 Å². The van der Waals surface area contributed by atoms with Gasteiger partial charge in [-0.2, -0.15) is 0 Å². The monoisotopic (exact) mass is 332 g/mol. The number of aliphatic hydroxyl groups excluding tert-OH is 1. The van der Waals surface area contributed by atoms with Crippen molar-refractivity contribution in [3.8, 4) is 0 Å². The molecule has 1 saturated heterocycles. The van der Waals surface area contributed by atoms with Gasteiger partial charge >= 0.3 is 0 Å². The van der Waals surface area contributed by atoms with Gasteiger partial charge < -0.3 is 15.3 Å². The van der Waals surface area contributed by atoms with E-state index in [9.17, 15) is 5.11 Å². The Hall–Kier alpha value is -1.36. The molecule has 1 unspecified atom stereocenters. The normalized spacial score (nSPS) is 23.5. The molecule has 5 heteroatoms. The van der Waals surface area contributed by atoms with Crippen molar-refractivity contribution in [2.45, 2.75) is 57.8 Å². The van der Waals surface area contributed by atoms with Crippen LogP contribution < -0.4 is 10.2 Å². The molecular weight excluding hydrogens is 300 g/mol. The summed E-state index contributed by atoms with van der Waals surface area (Å²) in [6.07, 6.45) is 13.5. The van der Waals surface area contributed by atoms with Gasteiger partial charge in [0, 0.05) is 32.3 Å². The van der Waals surface area contributed by atoms with Crippen molar-refractivity contribution in [2.75, 3.05) is 36.5 Å². The van der Waals surface area contributed by atoms with Crippen LogP contribution >= 0.6 is 0 Å². The van der Waals surface area contributed by atoms with Crippen LogP contribution in [-0.2, 0) is 0 Å². The fraction of sp³-hybridized carbons (Fsp3) is 0.789. The number of aromatic nitrogens is 2. The summed E-state index contributed by atoms with van der Waals surface area (Å²) in [5.41, 5.74) is 0. The zero-order chi connectivity index (χ0) is 16.6. The van der Waals surface area contributed by atoms with E-state index in [-0.39, 0.29) is 6.61 Å². The van der Waals surface area contributed by atoms with E-state index in [1.807, 2.05) is 0 Å². The Bertz CT molecular complexity index is 488. The Morgan fingerprint density at radius 3 is 2.54 bits per heavy atom. The summed E-state index contributed by atoms with van der Waals surface area (Å²) >= 11 is 0. The molecular formula is C19H32N4O. The molecule has 1 aromatic rings. The Labute approximate surface area is 145 Å². The first-order valence-electron chi connectivity index (χ1n) is 9.77. The number of rotatable bonds is 5. The average Bonchev–Trinajstić information content (AvgIpc) is 2.61. The summed E-state index contributed by atoms with van der Waals surface area (Å²) in [6.45, 7) is 3.22. The van der Waals surface area contributed by atoms with Crippen molar-refractivity contribution in [3.63, 3.8) is 0 Å². The van der Waals surface area contributed by atoms with E-state index < -0.39 is 0 Å². The summed E-state index contributed by atoms with van der Waals surface area (Å²) < 4.78 is 0. The second-order valence-corrected chi connectivity index (χ2v) is 7.49. The predicted molar refractivity (Wildman–Crippen MR) is 98.4 cm³/mol. The van der Waals surface area contributed by atoms with Crippen LogP contribution in [0.4, 0.5) is 11.6 Å². The van der Waals surface area contributed by atoms with E-state index >= 15 is 0 Å². The second kappa shape index (κ2) is 9.21. The third-order valence-electron chi connectivity index (χ3n) is 5.55. The summed E-state index contributed by atoms with van der Waals surface area (Å²) in [4.78, 5) is 11.1. The minimum Gasteiger partial charge on any atom is -0.396 e. The van der Waals surface area contributed by atoms with E-state index in [0.717, 1.165) is 50.0 Å². The van der Waals surface area contributed by atoms with Gasteiger partial charge in [-0.05, 0) is 37.5 Å². The lowest BCUT2D eigenvalue weighted by Gasteiger charge is -2.32. The molecule has 0 bridgehead atoms. The number of anilines is 2. The van der Waals surface area contributed by atoms with Crippen LogP contribution in [0.1, 0.15) is 57.8 Å². The molecule has 1 saturated carbocycles. The highest BCUT2D eigenvalue weighted by atomic mass is 16.3. The van der Waals surface area contributed by atoms with Gasteiger partial charge in [-0.15, -0.1) is 0 Å². The van der Waals surface area contributed by atoms with Crippen LogP contribution in [-0.4, -0.2) is 41.3 Å². The molecule has 3 rings (SSSR count). The van der Waals surface area contributed by atoms with Crippen LogP contribution in [0.25, 0.3) is 0 Å². The van der Waals surface area contributed by atoms with Gasteiger partial charge in [-0.25, -0.2) is 9.97 Å². The molecule has 1 aliphatic carbocycles. The molecule has 0 spiro atoms. The molecule has 2 fully saturated rings. The standard InChI is InChI=1S/C19H32N4O/c24-14-17-9-6-10-23(13-17)19-11-18(21-15-22-19)20-12-16-7-4-2-1-3-5-8-16/h11,15-17,24H,1-10,12-14H2,(H,20,21,22). The van der Waals surface area contributed by atoms with Crippen molar-refractivity contribution in [1.82, 2.24) is 9.97 Å². The van der Waals surface area contributed by atoms with Crippen molar-refractivity contribution >= 4 is 11.6 Å². The Kier molecular flexibility index (Phi) is 6.70. The topological polar surface area (TPSA) is 61.3 Å². The Morgan fingerprint density at radius 1 is 1.00 bits per heavy atom. The molecule has 0 radical (unpaired) electrons. The highest BCUT2D eigenvalue weighted by Crippen LogP contribution is 2.24. The van der Waals surface area contributed by atoms with E-state index in [2.05, 4.69) is 26.3 Å². The second-order valence-electron chi connectivity index (χ2n) is 7.49. The molecule has 1 aliphatic heterocycles. The van der Waals surface area contributed by atoms with Crippen molar-refractivity contribution in [2.24, 2.45) is 11.8 Å². The van der Waals surface area contributed by atoms with E-state index in [1.54, 1.807) is 6.33 Å². The van der Waals surface area contributed by atoms with Crippen LogP contribution in [0.15, 0.2) is 12.4 Å². The molecule has 134 valence electrons. The van der Waals surface area contributed by atoms with Gasteiger partial charge in [-0.3, -0.25) is 0 Å². The first-order chi connectivity index (χ1) is 11.8. The SMILES string of the molecule is OCC1CCCN(c2cc(NCC3CCCCCCC3)ncn2)C1. The van der Waals surface area contributed by atoms with Gasteiger partial charge in [-0.1, -0.05) is 32.1 Å². The summed E-state index contributed by atoms with van der Waals surface area (Å²) in [6, 6.07) is 2.07. The fourth-order valence-corrected chi connectivity index (χ4v) is 4.03. The maximum atomic E-state index is 9.41. The lowest BCUT2D eigenvalue weighted by Crippen LogP contribution is -2.37. The smallest absolute Gasteiger partial charge is 0.134 e. The lowest BCUT2D eigenvalue weighted by molar-refractivity contribution is 0.208. The molecule has 5 nitrogen and oxygen atoms in total. The fourth-order valence-electron chi connectivity index (χ4n) is 4.03. The highest BCUT2D eigenvalue weighted by molar-refractivity contribution is 5.48. The molecule has 0 amide bonds. The maximum absolute atomic E-state index is 9.41. The van der Waals surface area contributed by atoms with Crippen LogP contribution in [0.5, 0.6) is 0 Å². The molecule has 24 heavy (non-hydrogen) atoms. The average molecular weight is 332 g/mol. The minimum atomic E-state index is 0.272. The highest BCUT2D eigenvalue weighted by Gasteiger charge is 2.20. The van der Waals surface area contributed by atoms with Gasteiger partial charge in [0.2, 0.25) is 0 Å². The van der Waals surface area contributed by atoms with Crippen LogP contribution in [0.3, 0.4) is 0 Å². The Balaban J connectivity index is 1.54. The van der Waals surface area contributed by atoms with E-state index in [4.69, 9.17) is 0 Å². The van der Waals surface area contributed by atoms with Crippen molar-refractivity contribution in [1.29, 1.82) is 0 Å². The number of aliphatic hydroxyl groups is 1. The minimum absolute atomic E-state index is 0.272. The first-order valence-corrected chi connectivity index (χ1v) is 9.77. The first kappa shape index (κ1) is 17.5.